The molecule has 0 bridgehead atoms. The third-order valence-corrected chi connectivity index (χ3v) is 6.60. The minimum Gasteiger partial charge on any atom is -0.497 e. The highest BCUT2D eigenvalue weighted by Gasteiger charge is 2.32. The predicted molar refractivity (Wildman–Crippen MR) is 123 cm³/mol. The molecule has 0 radical (unpaired) electrons. The van der Waals surface area contributed by atoms with Gasteiger partial charge >= 0.3 is 0 Å². The summed E-state index contributed by atoms with van der Waals surface area (Å²) in [5, 5.41) is 3.00. The van der Waals surface area contributed by atoms with Crippen LogP contribution in [-0.4, -0.2) is 40.8 Å². The van der Waals surface area contributed by atoms with E-state index in [9.17, 15) is 13.2 Å². The Morgan fingerprint density at radius 2 is 1.74 bits per heavy atom. The van der Waals surface area contributed by atoms with Gasteiger partial charge in [0.25, 0.3) is 0 Å². The number of nitrogens with zero attached hydrogens (tertiary/aromatic N) is 1. The topological polar surface area (TPSA) is 84.9 Å². The van der Waals surface area contributed by atoms with Crippen LogP contribution in [0.1, 0.15) is 43.0 Å². The molecule has 0 saturated carbocycles. The number of carbonyl (C=O) groups excluding carboxylic acids is 1. The zero-order valence-corrected chi connectivity index (χ0v) is 20.0. The Morgan fingerprint density at radius 1 is 1.06 bits per heavy atom. The van der Waals surface area contributed by atoms with E-state index < -0.39 is 22.0 Å². The fourth-order valence-electron chi connectivity index (χ4n) is 3.44. The van der Waals surface area contributed by atoms with Crippen molar-refractivity contribution < 1.29 is 22.7 Å². The molecular weight excluding hydrogens is 416 g/mol. The maximum atomic E-state index is 13.2. The summed E-state index contributed by atoms with van der Waals surface area (Å²) in [5.74, 6) is 0.381. The third kappa shape index (κ3) is 5.70. The number of aryl methyl sites for hydroxylation is 2. The van der Waals surface area contributed by atoms with E-state index in [2.05, 4.69) is 5.32 Å². The minimum absolute atomic E-state index is 0.233. The van der Waals surface area contributed by atoms with Crippen LogP contribution in [0.4, 0.5) is 5.69 Å². The molecule has 2 aromatic carbocycles. The summed E-state index contributed by atoms with van der Waals surface area (Å²) in [5.41, 5.74) is 3.53. The number of hydrogen-bond donors (Lipinski definition) is 1. The van der Waals surface area contributed by atoms with Crippen molar-refractivity contribution in [2.75, 3.05) is 24.8 Å². The molecule has 2 aromatic rings. The first-order valence-electron chi connectivity index (χ1n) is 10.1. The average molecular weight is 449 g/mol. The number of carbonyl (C=O) groups is 1. The van der Waals surface area contributed by atoms with Crippen molar-refractivity contribution in [3.63, 3.8) is 0 Å². The van der Waals surface area contributed by atoms with Gasteiger partial charge in [0.1, 0.15) is 17.5 Å². The molecule has 1 N–H and O–H groups in total. The highest BCUT2D eigenvalue weighted by molar-refractivity contribution is 7.92. The molecule has 0 saturated heterocycles. The first kappa shape index (κ1) is 24.5. The highest BCUT2D eigenvalue weighted by atomic mass is 32.2. The van der Waals surface area contributed by atoms with E-state index in [0.717, 1.165) is 21.7 Å². The van der Waals surface area contributed by atoms with Gasteiger partial charge in [-0.1, -0.05) is 25.1 Å². The Labute approximate surface area is 185 Å². The Morgan fingerprint density at radius 3 is 2.26 bits per heavy atom. The third-order valence-electron chi connectivity index (χ3n) is 5.37. The number of anilines is 1. The summed E-state index contributed by atoms with van der Waals surface area (Å²) in [6.07, 6.45) is 1.73. The number of methoxy groups -OCH3 is 2. The van der Waals surface area contributed by atoms with Crippen LogP contribution in [0.25, 0.3) is 0 Å². The smallest absolute Gasteiger partial charge is 0.244 e. The van der Waals surface area contributed by atoms with Crippen LogP contribution < -0.4 is 19.1 Å². The molecule has 0 aliphatic rings. The summed E-state index contributed by atoms with van der Waals surface area (Å²) >= 11 is 0. The van der Waals surface area contributed by atoms with Gasteiger partial charge in [0, 0.05) is 6.07 Å². The summed E-state index contributed by atoms with van der Waals surface area (Å²) in [7, 11) is -0.867. The van der Waals surface area contributed by atoms with E-state index in [0.29, 0.717) is 17.9 Å². The molecular formula is C23H32N2O5S. The second-order valence-electron chi connectivity index (χ2n) is 7.59. The van der Waals surface area contributed by atoms with E-state index in [-0.39, 0.29) is 11.7 Å². The van der Waals surface area contributed by atoms with Gasteiger partial charge in [-0.2, -0.15) is 0 Å². The van der Waals surface area contributed by atoms with Crippen molar-refractivity contribution in [3.05, 3.63) is 53.1 Å². The molecule has 170 valence electrons. The predicted octanol–water partition coefficient (Wildman–Crippen LogP) is 3.74. The lowest BCUT2D eigenvalue weighted by Crippen LogP contribution is -2.48. The zero-order chi connectivity index (χ0) is 23.3. The molecule has 31 heavy (non-hydrogen) atoms. The molecule has 0 aliphatic heterocycles. The van der Waals surface area contributed by atoms with Crippen molar-refractivity contribution >= 4 is 21.6 Å². The lowest BCUT2D eigenvalue weighted by atomic mass is 9.99. The summed E-state index contributed by atoms with van der Waals surface area (Å²) in [6, 6.07) is 9.65. The van der Waals surface area contributed by atoms with E-state index >= 15 is 0 Å². The molecule has 0 heterocycles. The number of amides is 1. The lowest BCUT2D eigenvalue weighted by molar-refractivity contribution is -0.122. The van der Waals surface area contributed by atoms with Gasteiger partial charge in [-0.25, -0.2) is 8.42 Å². The Hall–Kier alpha value is -2.74. The first-order valence-corrected chi connectivity index (χ1v) is 12.0. The van der Waals surface area contributed by atoms with Crippen molar-refractivity contribution in [2.24, 2.45) is 0 Å². The van der Waals surface area contributed by atoms with Gasteiger partial charge in [0.05, 0.1) is 32.2 Å². The molecule has 2 rings (SSSR count). The fraction of sp³-hybridized carbons (Fsp3) is 0.435. The van der Waals surface area contributed by atoms with Crippen LogP contribution in [0.15, 0.2) is 36.4 Å². The van der Waals surface area contributed by atoms with E-state index in [1.54, 1.807) is 25.1 Å². The van der Waals surface area contributed by atoms with Crippen molar-refractivity contribution in [2.45, 2.75) is 46.2 Å². The van der Waals surface area contributed by atoms with Crippen molar-refractivity contribution in [1.29, 1.82) is 0 Å². The van der Waals surface area contributed by atoms with E-state index in [1.165, 1.54) is 19.8 Å². The summed E-state index contributed by atoms with van der Waals surface area (Å²) in [6.45, 7) is 7.59. The second kappa shape index (κ2) is 10.0. The number of ether oxygens (including phenoxy) is 2. The fourth-order valence-corrected chi connectivity index (χ4v) is 4.61. The Bertz CT molecular complexity index is 1040. The number of sulfonamides is 1. The molecule has 0 aliphatic carbocycles. The average Bonchev–Trinajstić information content (AvgIpc) is 2.72. The quantitative estimate of drug-likeness (QED) is 0.632. The van der Waals surface area contributed by atoms with Crippen LogP contribution in [0.3, 0.4) is 0 Å². The number of rotatable bonds is 9. The molecule has 8 heteroatoms. The zero-order valence-electron chi connectivity index (χ0n) is 19.2. The van der Waals surface area contributed by atoms with Gasteiger partial charge in [-0.15, -0.1) is 0 Å². The lowest BCUT2D eigenvalue weighted by Gasteiger charge is -2.31. The van der Waals surface area contributed by atoms with Crippen LogP contribution in [0.5, 0.6) is 11.5 Å². The van der Waals surface area contributed by atoms with Gasteiger partial charge in [-0.05, 0) is 56.0 Å². The van der Waals surface area contributed by atoms with Gasteiger partial charge < -0.3 is 14.8 Å². The second-order valence-corrected chi connectivity index (χ2v) is 9.45. The summed E-state index contributed by atoms with van der Waals surface area (Å²) in [4.78, 5) is 13.2. The number of nitrogens with one attached hydrogen (secondary N) is 1. The van der Waals surface area contributed by atoms with Crippen LogP contribution in [0, 0.1) is 13.8 Å². The monoisotopic (exact) mass is 448 g/mol. The molecule has 7 nitrogen and oxygen atoms in total. The van der Waals surface area contributed by atoms with Crippen molar-refractivity contribution in [3.8, 4) is 11.5 Å². The molecule has 0 unspecified atom stereocenters. The standard InChI is InChI=1S/C23H32N2O5S/c1-8-20(18-10-9-15(2)16(3)13-18)24-23(26)17(4)25(31(7,27)28)21-14-19(29-5)11-12-22(21)30-6/h9-14,17,20H,8H2,1-7H3,(H,24,26)/t17-,20-/m1/s1. The normalized spacial score (nSPS) is 13.3. The maximum absolute atomic E-state index is 13.2. The summed E-state index contributed by atoms with van der Waals surface area (Å²) < 4.78 is 37.1. The SMILES string of the molecule is CC[C@@H](NC(=O)[C@@H](C)N(c1cc(OC)ccc1OC)S(C)(=O)=O)c1ccc(C)c(C)c1. The van der Waals surface area contributed by atoms with Crippen LogP contribution in [-0.2, 0) is 14.8 Å². The van der Waals surface area contributed by atoms with Gasteiger partial charge in [0.2, 0.25) is 15.9 Å². The molecule has 0 spiro atoms. The van der Waals surface area contributed by atoms with Crippen LogP contribution >= 0.6 is 0 Å². The van der Waals surface area contributed by atoms with Gasteiger partial charge in [0.15, 0.2) is 0 Å². The molecule has 2 atom stereocenters. The van der Waals surface area contributed by atoms with Crippen molar-refractivity contribution in [1.82, 2.24) is 5.32 Å². The van der Waals surface area contributed by atoms with Crippen LogP contribution in [0.2, 0.25) is 0 Å². The van der Waals surface area contributed by atoms with E-state index in [4.69, 9.17) is 9.47 Å². The molecule has 0 aromatic heterocycles. The van der Waals surface area contributed by atoms with E-state index in [1.807, 2.05) is 39.0 Å². The Kier molecular flexibility index (Phi) is 7.95. The number of benzene rings is 2. The maximum Gasteiger partial charge on any atom is 0.244 e. The molecule has 0 fully saturated rings. The molecule has 1 amide bonds. The minimum atomic E-state index is -3.80. The largest absolute Gasteiger partial charge is 0.497 e. The van der Waals surface area contributed by atoms with Gasteiger partial charge in [-0.3, -0.25) is 9.10 Å². The first-order chi connectivity index (χ1) is 14.5. The number of hydrogen-bond acceptors (Lipinski definition) is 5. The Balaban J connectivity index is 2.40. The highest BCUT2D eigenvalue weighted by Crippen LogP contribution is 2.35.